The van der Waals surface area contributed by atoms with Gasteiger partial charge in [-0.2, -0.15) is 0 Å². The number of anilines is 1. The SMILES string of the molecule is CCc1ccccc1N1CCN(C(=O)NCCc2ccc(OC)cc2)CC1. The summed E-state index contributed by atoms with van der Waals surface area (Å²) in [5.41, 5.74) is 3.87. The Hall–Kier alpha value is -2.69. The molecule has 3 rings (SSSR count). The zero-order valence-corrected chi connectivity index (χ0v) is 16.3. The zero-order chi connectivity index (χ0) is 19.1. The lowest BCUT2D eigenvalue weighted by molar-refractivity contribution is 0.194. The highest BCUT2D eigenvalue weighted by atomic mass is 16.5. The predicted octanol–water partition coefficient (Wildman–Crippen LogP) is 3.33. The molecule has 0 unspecified atom stereocenters. The first kappa shape index (κ1) is 19.1. The highest BCUT2D eigenvalue weighted by Gasteiger charge is 2.21. The van der Waals surface area contributed by atoms with E-state index in [9.17, 15) is 4.79 Å². The highest BCUT2D eigenvalue weighted by Crippen LogP contribution is 2.22. The van der Waals surface area contributed by atoms with E-state index < -0.39 is 0 Å². The van der Waals surface area contributed by atoms with Crippen LogP contribution in [-0.2, 0) is 12.8 Å². The summed E-state index contributed by atoms with van der Waals surface area (Å²) < 4.78 is 5.17. The Kier molecular flexibility index (Phi) is 6.58. The van der Waals surface area contributed by atoms with Crippen molar-refractivity contribution in [1.82, 2.24) is 10.2 Å². The van der Waals surface area contributed by atoms with Gasteiger partial charge in [0.2, 0.25) is 0 Å². The first-order valence-corrected chi connectivity index (χ1v) is 9.70. The molecular formula is C22H29N3O2. The van der Waals surface area contributed by atoms with Gasteiger partial charge < -0.3 is 19.9 Å². The number of urea groups is 1. The molecule has 0 aromatic heterocycles. The number of carbonyl (C=O) groups is 1. The summed E-state index contributed by atoms with van der Waals surface area (Å²) in [5.74, 6) is 0.852. The Balaban J connectivity index is 1.44. The number of rotatable bonds is 6. The van der Waals surface area contributed by atoms with Crippen LogP contribution >= 0.6 is 0 Å². The fraction of sp³-hybridized carbons (Fsp3) is 0.409. The van der Waals surface area contributed by atoms with Crippen molar-refractivity contribution in [2.75, 3.05) is 44.7 Å². The van der Waals surface area contributed by atoms with Gasteiger partial charge in [-0.3, -0.25) is 0 Å². The standard InChI is InChI=1S/C22H29N3O2/c1-3-19-6-4-5-7-21(19)24-14-16-25(17-15-24)22(26)23-13-12-18-8-10-20(27-2)11-9-18/h4-11H,3,12-17H2,1-2H3,(H,23,26). The first-order chi connectivity index (χ1) is 13.2. The van der Waals surface area contributed by atoms with Crippen LogP contribution in [0.2, 0.25) is 0 Å². The van der Waals surface area contributed by atoms with E-state index in [1.54, 1.807) is 7.11 Å². The second-order valence-corrected chi connectivity index (χ2v) is 6.79. The normalized spacial score (nSPS) is 14.1. The van der Waals surface area contributed by atoms with E-state index >= 15 is 0 Å². The average Bonchev–Trinajstić information content (AvgIpc) is 2.74. The van der Waals surface area contributed by atoms with E-state index in [-0.39, 0.29) is 6.03 Å². The van der Waals surface area contributed by atoms with Gasteiger partial charge in [-0.25, -0.2) is 4.79 Å². The van der Waals surface area contributed by atoms with Gasteiger partial charge in [-0.05, 0) is 42.2 Å². The van der Waals surface area contributed by atoms with Crippen molar-refractivity contribution in [3.8, 4) is 5.75 Å². The molecule has 0 aliphatic carbocycles. The number of para-hydroxylation sites is 1. The molecule has 5 heteroatoms. The van der Waals surface area contributed by atoms with Crippen LogP contribution in [0.4, 0.5) is 10.5 Å². The van der Waals surface area contributed by atoms with Gasteiger partial charge >= 0.3 is 6.03 Å². The maximum atomic E-state index is 12.4. The van der Waals surface area contributed by atoms with E-state index in [0.29, 0.717) is 6.54 Å². The molecule has 0 spiro atoms. The fourth-order valence-electron chi connectivity index (χ4n) is 3.49. The molecular weight excluding hydrogens is 338 g/mol. The number of ether oxygens (including phenoxy) is 1. The van der Waals surface area contributed by atoms with Gasteiger partial charge in [0.15, 0.2) is 0 Å². The zero-order valence-electron chi connectivity index (χ0n) is 16.3. The maximum Gasteiger partial charge on any atom is 0.317 e. The number of benzene rings is 2. The minimum atomic E-state index is 0.0342. The number of hydrogen-bond donors (Lipinski definition) is 1. The number of nitrogens with one attached hydrogen (secondary N) is 1. The number of carbonyl (C=O) groups excluding carboxylic acids is 1. The molecule has 1 fully saturated rings. The van der Waals surface area contributed by atoms with E-state index in [4.69, 9.17) is 4.74 Å². The number of aryl methyl sites for hydroxylation is 1. The van der Waals surface area contributed by atoms with Crippen molar-refractivity contribution in [1.29, 1.82) is 0 Å². The molecule has 2 amide bonds. The van der Waals surface area contributed by atoms with Crippen LogP contribution in [0.3, 0.4) is 0 Å². The van der Waals surface area contributed by atoms with Crippen molar-refractivity contribution in [3.63, 3.8) is 0 Å². The highest BCUT2D eigenvalue weighted by molar-refractivity contribution is 5.74. The summed E-state index contributed by atoms with van der Waals surface area (Å²) >= 11 is 0. The third-order valence-corrected chi connectivity index (χ3v) is 5.13. The lowest BCUT2D eigenvalue weighted by atomic mass is 10.1. The lowest BCUT2D eigenvalue weighted by Gasteiger charge is -2.37. The monoisotopic (exact) mass is 367 g/mol. The van der Waals surface area contributed by atoms with Crippen molar-refractivity contribution in [2.24, 2.45) is 0 Å². The number of piperazine rings is 1. The van der Waals surface area contributed by atoms with E-state index in [0.717, 1.165) is 44.8 Å². The molecule has 0 radical (unpaired) electrons. The minimum Gasteiger partial charge on any atom is -0.497 e. The maximum absolute atomic E-state index is 12.4. The molecule has 5 nitrogen and oxygen atoms in total. The van der Waals surface area contributed by atoms with Gasteiger partial charge in [0.1, 0.15) is 5.75 Å². The topological polar surface area (TPSA) is 44.8 Å². The van der Waals surface area contributed by atoms with E-state index in [2.05, 4.69) is 41.4 Å². The van der Waals surface area contributed by atoms with Crippen LogP contribution in [0.25, 0.3) is 0 Å². The summed E-state index contributed by atoms with van der Waals surface area (Å²) in [4.78, 5) is 16.7. The van der Waals surface area contributed by atoms with Crippen LogP contribution in [0.1, 0.15) is 18.1 Å². The van der Waals surface area contributed by atoms with Crippen molar-refractivity contribution in [3.05, 3.63) is 59.7 Å². The molecule has 1 saturated heterocycles. The molecule has 0 atom stereocenters. The molecule has 2 aromatic carbocycles. The van der Waals surface area contributed by atoms with Crippen molar-refractivity contribution in [2.45, 2.75) is 19.8 Å². The Morgan fingerprint density at radius 3 is 2.41 bits per heavy atom. The summed E-state index contributed by atoms with van der Waals surface area (Å²) in [6.45, 7) is 6.10. The van der Waals surface area contributed by atoms with Crippen molar-refractivity contribution >= 4 is 11.7 Å². The minimum absolute atomic E-state index is 0.0342. The summed E-state index contributed by atoms with van der Waals surface area (Å²) in [5, 5.41) is 3.04. The molecule has 0 bridgehead atoms. The van der Waals surface area contributed by atoms with Crippen LogP contribution in [-0.4, -0.2) is 50.8 Å². The second-order valence-electron chi connectivity index (χ2n) is 6.79. The molecule has 27 heavy (non-hydrogen) atoms. The van der Waals surface area contributed by atoms with Crippen LogP contribution in [0.5, 0.6) is 5.75 Å². The molecule has 2 aromatic rings. The van der Waals surface area contributed by atoms with Crippen LogP contribution in [0, 0.1) is 0 Å². The van der Waals surface area contributed by atoms with Gasteiger partial charge in [0.05, 0.1) is 7.11 Å². The average molecular weight is 367 g/mol. The Bertz CT molecular complexity index is 737. The van der Waals surface area contributed by atoms with E-state index in [1.165, 1.54) is 16.8 Å². The number of hydrogen-bond acceptors (Lipinski definition) is 3. The van der Waals surface area contributed by atoms with Gasteiger partial charge in [-0.15, -0.1) is 0 Å². The second kappa shape index (κ2) is 9.31. The fourth-order valence-corrected chi connectivity index (χ4v) is 3.49. The molecule has 1 N–H and O–H groups in total. The molecule has 1 heterocycles. The molecule has 0 saturated carbocycles. The van der Waals surface area contributed by atoms with Crippen LogP contribution < -0.4 is 15.0 Å². The summed E-state index contributed by atoms with van der Waals surface area (Å²) in [6, 6.07) is 16.6. The number of methoxy groups -OCH3 is 1. The molecule has 144 valence electrons. The molecule has 1 aliphatic heterocycles. The first-order valence-electron chi connectivity index (χ1n) is 9.70. The van der Waals surface area contributed by atoms with Gasteiger partial charge in [0, 0.05) is 38.4 Å². The summed E-state index contributed by atoms with van der Waals surface area (Å²) in [7, 11) is 1.66. The van der Waals surface area contributed by atoms with E-state index in [1.807, 2.05) is 29.2 Å². The third-order valence-electron chi connectivity index (χ3n) is 5.13. The smallest absolute Gasteiger partial charge is 0.317 e. The quantitative estimate of drug-likeness (QED) is 0.852. The van der Waals surface area contributed by atoms with Crippen molar-refractivity contribution < 1.29 is 9.53 Å². The van der Waals surface area contributed by atoms with Gasteiger partial charge in [0.25, 0.3) is 0 Å². The Labute approximate surface area is 161 Å². The number of nitrogens with zero attached hydrogens (tertiary/aromatic N) is 2. The molecule has 1 aliphatic rings. The number of amides is 2. The largest absolute Gasteiger partial charge is 0.497 e. The Morgan fingerprint density at radius 2 is 1.74 bits per heavy atom. The van der Waals surface area contributed by atoms with Crippen LogP contribution in [0.15, 0.2) is 48.5 Å². The summed E-state index contributed by atoms with van der Waals surface area (Å²) in [6.07, 6.45) is 1.85. The Morgan fingerprint density at radius 1 is 1.04 bits per heavy atom. The van der Waals surface area contributed by atoms with Gasteiger partial charge in [-0.1, -0.05) is 37.3 Å². The third kappa shape index (κ3) is 4.94. The predicted molar refractivity (Wildman–Crippen MR) is 110 cm³/mol. The lowest BCUT2D eigenvalue weighted by Crippen LogP contribution is -2.52.